The van der Waals surface area contributed by atoms with Crippen molar-refractivity contribution in [1.29, 1.82) is 0 Å². The van der Waals surface area contributed by atoms with Crippen molar-refractivity contribution in [2.75, 3.05) is 26.2 Å². The highest BCUT2D eigenvalue weighted by Gasteiger charge is 2.27. The molecule has 2 heterocycles. The van der Waals surface area contributed by atoms with E-state index in [4.69, 9.17) is 0 Å². The van der Waals surface area contributed by atoms with E-state index in [1.807, 2.05) is 0 Å². The van der Waals surface area contributed by atoms with Crippen molar-refractivity contribution in [3.05, 3.63) is 11.6 Å². The van der Waals surface area contributed by atoms with Crippen molar-refractivity contribution in [2.24, 2.45) is 5.92 Å². The summed E-state index contributed by atoms with van der Waals surface area (Å²) in [6, 6.07) is 0.839. The molecule has 1 atom stereocenters. The zero-order chi connectivity index (χ0) is 11.4. The lowest BCUT2D eigenvalue weighted by Gasteiger charge is -2.34. The second-order valence-electron chi connectivity index (χ2n) is 5.62. The van der Waals surface area contributed by atoms with Gasteiger partial charge in [-0.05, 0) is 65.1 Å². The van der Waals surface area contributed by atoms with Gasteiger partial charge in [0.15, 0.2) is 0 Å². The Hall–Kier alpha value is -0.340. The number of nitrogens with one attached hydrogen (secondary N) is 1. The minimum absolute atomic E-state index is 0.839. The molecule has 0 aromatic carbocycles. The molecule has 0 radical (unpaired) electrons. The highest BCUT2D eigenvalue weighted by Crippen LogP contribution is 2.25. The van der Waals surface area contributed by atoms with Crippen molar-refractivity contribution >= 4 is 0 Å². The molecular formula is C14H26N2. The van der Waals surface area contributed by atoms with Gasteiger partial charge in [0.25, 0.3) is 0 Å². The lowest BCUT2D eigenvalue weighted by Crippen LogP contribution is -2.40. The molecule has 1 N–H and O–H groups in total. The zero-order valence-electron chi connectivity index (χ0n) is 10.8. The van der Waals surface area contributed by atoms with E-state index in [0.29, 0.717) is 0 Å². The first-order valence-corrected chi connectivity index (χ1v) is 6.85. The Balaban J connectivity index is 1.71. The summed E-state index contributed by atoms with van der Waals surface area (Å²) >= 11 is 0. The Morgan fingerprint density at radius 1 is 1.25 bits per heavy atom. The average molecular weight is 222 g/mol. The van der Waals surface area contributed by atoms with E-state index in [1.165, 1.54) is 50.9 Å². The second kappa shape index (κ2) is 5.83. The molecule has 0 aromatic rings. The summed E-state index contributed by atoms with van der Waals surface area (Å²) in [5.41, 5.74) is 1.44. The first-order valence-electron chi connectivity index (χ1n) is 6.85. The summed E-state index contributed by atoms with van der Waals surface area (Å²) in [5.74, 6) is 0.949. The van der Waals surface area contributed by atoms with Gasteiger partial charge in [-0.25, -0.2) is 0 Å². The predicted octanol–water partition coefficient (Wildman–Crippen LogP) is 2.42. The largest absolute Gasteiger partial charge is 0.314 e. The predicted molar refractivity (Wildman–Crippen MR) is 69.6 cm³/mol. The molecule has 2 saturated heterocycles. The first kappa shape index (κ1) is 12.1. The number of nitrogens with zero attached hydrogens (tertiary/aromatic N) is 1. The fourth-order valence-electron chi connectivity index (χ4n) is 2.96. The van der Waals surface area contributed by atoms with Crippen molar-refractivity contribution in [3.63, 3.8) is 0 Å². The summed E-state index contributed by atoms with van der Waals surface area (Å²) < 4.78 is 0. The van der Waals surface area contributed by atoms with Gasteiger partial charge in [-0.1, -0.05) is 11.6 Å². The fourth-order valence-corrected chi connectivity index (χ4v) is 2.96. The van der Waals surface area contributed by atoms with E-state index in [-0.39, 0.29) is 0 Å². The first-order chi connectivity index (χ1) is 7.75. The van der Waals surface area contributed by atoms with E-state index in [9.17, 15) is 0 Å². The van der Waals surface area contributed by atoms with Crippen LogP contribution in [0, 0.1) is 5.92 Å². The summed E-state index contributed by atoms with van der Waals surface area (Å²) in [4.78, 5) is 2.60. The SMILES string of the molecule is CC(C)=CCN1CCC(C2CCCN2)CC1. The van der Waals surface area contributed by atoms with Gasteiger partial charge in [-0.3, -0.25) is 4.90 Å². The monoisotopic (exact) mass is 222 g/mol. The van der Waals surface area contributed by atoms with Crippen LogP contribution < -0.4 is 5.32 Å². The third-order valence-corrected chi connectivity index (χ3v) is 4.06. The van der Waals surface area contributed by atoms with Gasteiger partial charge in [0, 0.05) is 12.6 Å². The number of hydrogen-bond acceptors (Lipinski definition) is 2. The lowest BCUT2D eigenvalue weighted by atomic mass is 9.88. The van der Waals surface area contributed by atoms with Crippen LogP contribution in [0.3, 0.4) is 0 Å². The van der Waals surface area contributed by atoms with Gasteiger partial charge >= 0.3 is 0 Å². The molecule has 16 heavy (non-hydrogen) atoms. The Morgan fingerprint density at radius 2 is 2.00 bits per heavy atom. The molecular weight excluding hydrogens is 196 g/mol. The molecule has 1 unspecified atom stereocenters. The average Bonchev–Trinajstić information content (AvgIpc) is 2.80. The van der Waals surface area contributed by atoms with Crippen LogP contribution in [0.25, 0.3) is 0 Å². The number of allylic oxidation sites excluding steroid dienone is 1. The molecule has 0 amide bonds. The minimum Gasteiger partial charge on any atom is -0.314 e. The number of piperidine rings is 1. The van der Waals surface area contributed by atoms with Crippen LogP contribution in [0.2, 0.25) is 0 Å². The Morgan fingerprint density at radius 3 is 2.56 bits per heavy atom. The number of rotatable bonds is 3. The van der Waals surface area contributed by atoms with Crippen LogP contribution in [-0.2, 0) is 0 Å². The van der Waals surface area contributed by atoms with E-state index in [2.05, 4.69) is 30.1 Å². The van der Waals surface area contributed by atoms with Gasteiger partial charge in [-0.2, -0.15) is 0 Å². The molecule has 0 aromatic heterocycles. The third-order valence-electron chi connectivity index (χ3n) is 4.06. The van der Waals surface area contributed by atoms with E-state index in [1.54, 1.807) is 0 Å². The molecule has 0 spiro atoms. The molecule has 2 rings (SSSR count). The molecule has 2 aliphatic heterocycles. The summed E-state index contributed by atoms with van der Waals surface area (Å²) in [5, 5.41) is 3.66. The lowest BCUT2D eigenvalue weighted by molar-refractivity contribution is 0.176. The van der Waals surface area contributed by atoms with Gasteiger partial charge in [0.05, 0.1) is 0 Å². The van der Waals surface area contributed by atoms with Crippen LogP contribution in [0.15, 0.2) is 11.6 Å². The van der Waals surface area contributed by atoms with Crippen LogP contribution in [0.5, 0.6) is 0 Å². The highest BCUT2D eigenvalue weighted by molar-refractivity contribution is 4.96. The topological polar surface area (TPSA) is 15.3 Å². The van der Waals surface area contributed by atoms with Gasteiger partial charge in [0.2, 0.25) is 0 Å². The quantitative estimate of drug-likeness (QED) is 0.738. The van der Waals surface area contributed by atoms with Gasteiger partial charge in [0.1, 0.15) is 0 Å². The summed E-state index contributed by atoms with van der Waals surface area (Å²) in [7, 11) is 0. The Labute approximate surface area is 100 Å². The minimum atomic E-state index is 0.839. The molecule has 2 fully saturated rings. The standard InChI is InChI=1S/C14H26N2/c1-12(2)5-9-16-10-6-13(7-11-16)14-4-3-8-15-14/h5,13-15H,3-4,6-11H2,1-2H3. The molecule has 2 heteroatoms. The van der Waals surface area contributed by atoms with Crippen molar-refractivity contribution in [3.8, 4) is 0 Å². The highest BCUT2D eigenvalue weighted by atomic mass is 15.1. The van der Waals surface area contributed by atoms with E-state index >= 15 is 0 Å². The summed E-state index contributed by atoms with van der Waals surface area (Å²) in [6.45, 7) is 9.39. The van der Waals surface area contributed by atoms with Crippen molar-refractivity contribution < 1.29 is 0 Å². The number of likely N-dealkylation sites (tertiary alicyclic amines) is 1. The molecule has 2 nitrogen and oxygen atoms in total. The van der Waals surface area contributed by atoms with Gasteiger partial charge in [-0.15, -0.1) is 0 Å². The maximum Gasteiger partial charge on any atom is 0.0165 e. The zero-order valence-corrected chi connectivity index (χ0v) is 10.8. The van der Waals surface area contributed by atoms with E-state index < -0.39 is 0 Å². The number of hydrogen-bond donors (Lipinski definition) is 1. The van der Waals surface area contributed by atoms with Gasteiger partial charge < -0.3 is 5.32 Å². The maximum absolute atomic E-state index is 3.66. The second-order valence-corrected chi connectivity index (χ2v) is 5.62. The molecule has 92 valence electrons. The molecule has 0 bridgehead atoms. The maximum atomic E-state index is 3.66. The normalized spacial score (nSPS) is 28.2. The third kappa shape index (κ3) is 3.33. The Bertz CT molecular complexity index is 229. The molecule has 0 saturated carbocycles. The summed E-state index contributed by atoms with van der Waals surface area (Å²) in [6.07, 6.45) is 7.96. The molecule has 0 aliphatic carbocycles. The van der Waals surface area contributed by atoms with E-state index in [0.717, 1.165) is 18.5 Å². The molecule has 2 aliphatic rings. The van der Waals surface area contributed by atoms with Crippen LogP contribution in [0.4, 0.5) is 0 Å². The van der Waals surface area contributed by atoms with Crippen LogP contribution >= 0.6 is 0 Å². The van der Waals surface area contributed by atoms with Crippen LogP contribution in [0.1, 0.15) is 39.5 Å². The van der Waals surface area contributed by atoms with Crippen molar-refractivity contribution in [1.82, 2.24) is 10.2 Å². The smallest absolute Gasteiger partial charge is 0.0165 e. The van der Waals surface area contributed by atoms with Crippen molar-refractivity contribution in [2.45, 2.75) is 45.6 Å². The fraction of sp³-hybridized carbons (Fsp3) is 0.857. The Kier molecular flexibility index (Phi) is 4.42. The van der Waals surface area contributed by atoms with Crippen LogP contribution in [-0.4, -0.2) is 37.1 Å².